The molecule has 0 aliphatic heterocycles. The minimum Gasteiger partial charge on any atom is -0.466 e. The van der Waals surface area contributed by atoms with Gasteiger partial charge in [0.2, 0.25) is 5.91 Å². The summed E-state index contributed by atoms with van der Waals surface area (Å²) in [5, 5.41) is 23.3. The van der Waals surface area contributed by atoms with Crippen LogP contribution in [-0.4, -0.2) is 47.4 Å². The number of allylic oxidation sites excluding steroid dienone is 5. The van der Waals surface area contributed by atoms with Crippen LogP contribution in [0.1, 0.15) is 399 Å². The summed E-state index contributed by atoms with van der Waals surface area (Å²) < 4.78 is 5.48. The first-order chi connectivity index (χ1) is 39.5. The normalized spacial score (nSPS) is 12.7. The monoisotopic (exact) mass is 1120 g/mol. The van der Waals surface area contributed by atoms with Gasteiger partial charge in [-0.2, -0.15) is 0 Å². The zero-order valence-corrected chi connectivity index (χ0v) is 54.1. The molecule has 6 nitrogen and oxygen atoms in total. The maximum Gasteiger partial charge on any atom is 0.305 e. The number of nitrogens with one attached hydrogen (secondary N) is 1. The zero-order valence-electron chi connectivity index (χ0n) is 54.1. The fourth-order valence-electron chi connectivity index (χ4n) is 11.4. The molecule has 6 heteroatoms. The molecule has 0 rings (SSSR count). The molecule has 1 amide bonds. The zero-order chi connectivity index (χ0) is 57.8. The number of aliphatic hydroxyl groups excluding tert-OH is 2. The number of hydrogen-bond donors (Lipinski definition) is 3. The number of carbonyl (C=O) groups is 2. The minimum absolute atomic E-state index is 0.00273. The third kappa shape index (κ3) is 65.2. The predicted molar refractivity (Wildman–Crippen MR) is 352 cm³/mol. The standard InChI is InChI=1S/C74H141NO5/c1-3-5-7-9-11-13-15-17-19-20-21-22-27-30-33-36-39-42-46-50-54-58-62-66-72(77)71(70-76)75-73(78)67-63-59-55-51-47-43-40-37-34-31-28-25-23-24-26-29-32-35-38-41-45-49-53-57-61-65-69-80-74(79)68-64-60-56-52-48-44-18-16-14-12-10-8-6-4-2/h10,12,16,18,62,66,71-72,76-77H,3-9,11,13-15,17,19-61,63-65,67-70H2,1-2H3,(H,75,78)/b12-10-,18-16-,66-62+. The molecule has 0 aromatic rings. The molecule has 0 saturated carbocycles. The van der Waals surface area contributed by atoms with Crippen molar-refractivity contribution in [1.29, 1.82) is 0 Å². The van der Waals surface area contributed by atoms with Crippen molar-refractivity contribution >= 4 is 11.9 Å². The van der Waals surface area contributed by atoms with Crippen LogP contribution in [0.25, 0.3) is 0 Å². The molecule has 0 radical (unpaired) electrons. The molecular weight excluding hydrogens is 983 g/mol. The smallest absolute Gasteiger partial charge is 0.305 e. The van der Waals surface area contributed by atoms with E-state index in [1.165, 1.54) is 321 Å². The number of carbonyl (C=O) groups excluding carboxylic acids is 2. The number of rotatable bonds is 68. The van der Waals surface area contributed by atoms with Crippen molar-refractivity contribution in [1.82, 2.24) is 5.32 Å². The Morgan fingerprint density at radius 3 is 0.988 bits per heavy atom. The van der Waals surface area contributed by atoms with E-state index in [1.807, 2.05) is 6.08 Å². The summed E-state index contributed by atoms with van der Waals surface area (Å²) in [5.41, 5.74) is 0. The minimum atomic E-state index is -0.845. The predicted octanol–water partition coefficient (Wildman–Crippen LogP) is 23.5. The molecule has 3 N–H and O–H groups in total. The summed E-state index contributed by atoms with van der Waals surface area (Å²) in [4.78, 5) is 24.6. The summed E-state index contributed by atoms with van der Waals surface area (Å²) in [5.74, 6) is -0.0589. The Morgan fingerprint density at radius 1 is 0.350 bits per heavy atom. The first-order valence-electron chi connectivity index (χ1n) is 36.3. The second-order valence-corrected chi connectivity index (χ2v) is 24.9. The Hall–Kier alpha value is -1.92. The first-order valence-corrected chi connectivity index (χ1v) is 36.3. The van der Waals surface area contributed by atoms with Crippen molar-refractivity contribution in [2.24, 2.45) is 0 Å². The van der Waals surface area contributed by atoms with Gasteiger partial charge < -0.3 is 20.3 Å². The molecule has 0 aliphatic carbocycles. The molecule has 0 aliphatic rings. The van der Waals surface area contributed by atoms with Crippen LogP contribution in [0.2, 0.25) is 0 Å². The van der Waals surface area contributed by atoms with Crippen molar-refractivity contribution in [3.63, 3.8) is 0 Å². The Balaban J connectivity index is 3.39. The fraction of sp³-hybridized carbons (Fsp3) is 0.892. The molecule has 80 heavy (non-hydrogen) atoms. The summed E-state index contributed by atoms with van der Waals surface area (Å²) in [6.45, 7) is 4.90. The molecular formula is C74H141NO5. The van der Waals surface area contributed by atoms with E-state index in [4.69, 9.17) is 4.74 Å². The number of hydrogen-bond acceptors (Lipinski definition) is 5. The van der Waals surface area contributed by atoms with Crippen LogP contribution in [0.4, 0.5) is 0 Å². The lowest BCUT2D eigenvalue weighted by Gasteiger charge is -2.20. The van der Waals surface area contributed by atoms with Crippen molar-refractivity contribution in [3.05, 3.63) is 36.5 Å². The van der Waals surface area contributed by atoms with E-state index in [0.717, 1.165) is 51.4 Å². The highest BCUT2D eigenvalue weighted by atomic mass is 16.5. The van der Waals surface area contributed by atoms with Crippen LogP contribution < -0.4 is 5.32 Å². The highest BCUT2D eigenvalue weighted by molar-refractivity contribution is 5.76. The summed E-state index contributed by atoms with van der Waals surface area (Å²) in [6, 6.07) is -0.628. The van der Waals surface area contributed by atoms with Crippen molar-refractivity contribution in [2.45, 2.75) is 411 Å². The molecule has 0 bridgehead atoms. The molecule has 0 aromatic heterocycles. The molecule has 472 valence electrons. The first kappa shape index (κ1) is 78.1. The van der Waals surface area contributed by atoms with E-state index in [2.05, 4.69) is 43.5 Å². The lowest BCUT2D eigenvalue weighted by molar-refractivity contribution is -0.143. The molecule has 0 heterocycles. The number of unbranched alkanes of at least 4 members (excludes halogenated alkanes) is 53. The second kappa shape index (κ2) is 69.6. The van der Waals surface area contributed by atoms with Gasteiger partial charge in [0.25, 0.3) is 0 Å². The van der Waals surface area contributed by atoms with E-state index in [0.29, 0.717) is 19.4 Å². The van der Waals surface area contributed by atoms with Crippen LogP contribution in [-0.2, 0) is 14.3 Å². The second-order valence-electron chi connectivity index (χ2n) is 24.9. The Kier molecular flexibility index (Phi) is 67.9. The van der Waals surface area contributed by atoms with Gasteiger partial charge in [0.1, 0.15) is 0 Å². The van der Waals surface area contributed by atoms with E-state index in [-0.39, 0.29) is 18.5 Å². The Bertz CT molecular complexity index is 1300. The number of esters is 1. The third-order valence-corrected chi connectivity index (χ3v) is 16.9. The molecule has 0 saturated heterocycles. The highest BCUT2D eigenvalue weighted by Gasteiger charge is 2.18. The SMILES string of the molecule is CCCC/C=C\C/C=C\CCCCCCCC(=O)OCCCCCCCCCCCCCCCCCCCCCCCCCCCCC(=O)NC(CO)C(O)/C=C/CCCCCCCCCCCCCCCCCCCCCCC. The molecule has 0 spiro atoms. The maximum atomic E-state index is 12.5. The molecule has 0 fully saturated rings. The van der Waals surface area contributed by atoms with Gasteiger partial charge in [-0.3, -0.25) is 9.59 Å². The van der Waals surface area contributed by atoms with Gasteiger partial charge in [-0.25, -0.2) is 0 Å². The summed E-state index contributed by atoms with van der Waals surface area (Å²) >= 11 is 0. The lowest BCUT2D eigenvalue weighted by atomic mass is 10.0. The van der Waals surface area contributed by atoms with Crippen LogP contribution in [0.5, 0.6) is 0 Å². The maximum absolute atomic E-state index is 12.5. The Labute approximate surface area is 500 Å². The van der Waals surface area contributed by atoms with Crippen molar-refractivity contribution < 1.29 is 24.5 Å². The van der Waals surface area contributed by atoms with Crippen molar-refractivity contribution in [2.75, 3.05) is 13.2 Å². The number of ether oxygens (including phenoxy) is 1. The van der Waals surface area contributed by atoms with E-state index >= 15 is 0 Å². The largest absolute Gasteiger partial charge is 0.466 e. The van der Waals surface area contributed by atoms with Crippen LogP contribution in [0, 0.1) is 0 Å². The quantitative estimate of drug-likeness (QED) is 0.0320. The van der Waals surface area contributed by atoms with Gasteiger partial charge in [0.15, 0.2) is 0 Å². The average molecular weight is 1120 g/mol. The van der Waals surface area contributed by atoms with Gasteiger partial charge in [0.05, 0.1) is 25.4 Å². The van der Waals surface area contributed by atoms with Gasteiger partial charge >= 0.3 is 5.97 Å². The third-order valence-electron chi connectivity index (χ3n) is 16.9. The number of amides is 1. The number of aliphatic hydroxyl groups is 2. The van der Waals surface area contributed by atoms with E-state index in [9.17, 15) is 19.8 Å². The molecule has 2 atom stereocenters. The average Bonchev–Trinajstić information content (AvgIpc) is 3.46. The van der Waals surface area contributed by atoms with Crippen LogP contribution in [0.15, 0.2) is 36.5 Å². The van der Waals surface area contributed by atoms with Gasteiger partial charge in [-0.1, -0.05) is 365 Å². The van der Waals surface area contributed by atoms with Gasteiger partial charge in [-0.05, 0) is 57.8 Å². The Morgan fingerprint density at radius 2 is 0.637 bits per heavy atom. The van der Waals surface area contributed by atoms with Crippen LogP contribution in [0.3, 0.4) is 0 Å². The summed E-state index contributed by atoms with van der Waals surface area (Å²) in [7, 11) is 0. The van der Waals surface area contributed by atoms with Crippen LogP contribution >= 0.6 is 0 Å². The van der Waals surface area contributed by atoms with Crippen molar-refractivity contribution in [3.8, 4) is 0 Å². The van der Waals surface area contributed by atoms with E-state index < -0.39 is 12.1 Å². The van der Waals surface area contributed by atoms with Gasteiger partial charge in [-0.15, -0.1) is 0 Å². The summed E-state index contributed by atoms with van der Waals surface area (Å²) in [6.07, 6.45) is 89.4. The highest BCUT2D eigenvalue weighted by Crippen LogP contribution is 2.19. The van der Waals surface area contributed by atoms with Gasteiger partial charge in [0, 0.05) is 12.8 Å². The fourth-order valence-corrected chi connectivity index (χ4v) is 11.4. The lowest BCUT2D eigenvalue weighted by Crippen LogP contribution is -2.45. The molecule has 0 aromatic carbocycles. The molecule has 2 unspecified atom stereocenters. The topological polar surface area (TPSA) is 95.9 Å². The van der Waals surface area contributed by atoms with E-state index in [1.54, 1.807) is 6.08 Å².